The summed E-state index contributed by atoms with van der Waals surface area (Å²) in [6.45, 7) is 6.00. The maximum Gasteiger partial charge on any atom is 0 e. The first-order valence-electron chi connectivity index (χ1n) is 1.20. The number of rotatable bonds is 0. The van der Waals surface area contributed by atoms with E-state index in [-0.39, 0.29) is 31.6 Å². The Morgan fingerprint density at radius 2 is 1.57 bits per heavy atom. The second-order valence-electron chi connectivity index (χ2n) is 0.319. The van der Waals surface area contributed by atoms with E-state index in [4.69, 9.17) is 0 Å². The molecule has 0 amide bonds. The quantitative estimate of drug-likeness (QED) is 0.298. The van der Waals surface area contributed by atoms with E-state index in [1.165, 1.54) is 0 Å². The zero-order chi connectivity index (χ0) is 5.58. The van der Waals surface area contributed by atoms with Gasteiger partial charge < -0.3 is 30.6 Å². The normalized spacial score (nSPS) is 4.00. The predicted octanol–water partition coefficient (Wildman–Crippen LogP) is 0.198. The Balaban J connectivity index is -0.0000000480. The summed E-state index contributed by atoms with van der Waals surface area (Å²) in [6, 6.07) is 0. The number of hydrogen-bond donors (Lipinski definition) is 1. The van der Waals surface area contributed by atoms with Gasteiger partial charge in [-0.15, -0.1) is 13.2 Å². The molecule has 7 heavy (non-hydrogen) atoms. The molecular formula is C3H6NPbS2-. The molecule has 0 aromatic carbocycles. The Bertz CT molecular complexity index is 44.2. The van der Waals surface area contributed by atoms with Gasteiger partial charge in [-0.1, -0.05) is 4.32 Å². The third kappa shape index (κ3) is 259. The molecule has 0 saturated heterocycles. The first kappa shape index (κ1) is 15.7. The summed E-state index contributed by atoms with van der Waals surface area (Å²) in [6.07, 6.45) is 0. The van der Waals surface area contributed by atoms with Crippen LogP contribution in [0.3, 0.4) is 0 Å². The molecule has 0 saturated carbocycles. The minimum absolute atomic E-state index is 0. The van der Waals surface area contributed by atoms with E-state index in [0.717, 1.165) is 0 Å². The maximum atomic E-state index is 4.66. The van der Waals surface area contributed by atoms with Crippen LogP contribution in [0.5, 0.6) is 0 Å². The molecule has 4 radical (unpaired) electrons. The van der Waals surface area contributed by atoms with Crippen LogP contribution in [0.25, 0.3) is 0 Å². The summed E-state index contributed by atoms with van der Waals surface area (Å²) in [5, 5.41) is 0. The molecule has 40 valence electrons. The maximum absolute atomic E-state index is 4.66. The molecule has 0 heterocycles. The second-order valence-corrected chi connectivity index (χ2v) is 1.46. The molecule has 0 aliphatic carbocycles. The van der Waals surface area contributed by atoms with Crippen LogP contribution in [0.15, 0.2) is 13.2 Å². The van der Waals surface area contributed by atoms with Crippen molar-refractivity contribution in [3.8, 4) is 0 Å². The molecule has 2 N–H and O–H groups in total. The van der Waals surface area contributed by atoms with Crippen molar-refractivity contribution in [2.24, 2.45) is 5.73 Å². The van der Waals surface area contributed by atoms with E-state index < -0.39 is 0 Å². The van der Waals surface area contributed by atoms with E-state index in [1.807, 2.05) is 0 Å². The first-order valence-corrected chi connectivity index (χ1v) is 2.01. The molecule has 0 fully saturated rings. The minimum atomic E-state index is 0. The smallest absolute Gasteiger partial charge is 0 e. The van der Waals surface area contributed by atoms with Gasteiger partial charge in [0.1, 0.15) is 0 Å². The van der Waals surface area contributed by atoms with Crippen molar-refractivity contribution in [1.29, 1.82) is 0 Å². The zero-order valence-electron chi connectivity index (χ0n) is 3.81. The van der Waals surface area contributed by atoms with Gasteiger partial charge in [0.15, 0.2) is 0 Å². The fourth-order valence-electron chi connectivity index (χ4n) is 0. The summed E-state index contributed by atoms with van der Waals surface area (Å²) in [5.74, 6) is 0. The Morgan fingerprint density at radius 1 is 1.57 bits per heavy atom. The van der Waals surface area contributed by atoms with Gasteiger partial charge in [-0.3, -0.25) is 0 Å². The van der Waals surface area contributed by atoms with Gasteiger partial charge in [0.25, 0.3) is 0 Å². The van der Waals surface area contributed by atoms with Gasteiger partial charge >= 0.3 is 0 Å². The summed E-state index contributed by atoms with van der Waals surface area (Å²) in [7, 11) is 0. The fourth-order valence-corrected chi connectivity index (χ4v) is 0. The standard InChI is InChI=1S/C2H4.CH3NS2.Pb/c1-2;2-1(3)4;/h1-2H2;(H3,2,3,4);/p-1. The van der Waals surface area contributed by atoms with Gasteiger partial charge in [0.05, 0.1) is 0 Å². The molecule has 4 heteroatoms. The van der Waals surface area contributed by atoms with Crippen molar-refractivity contribution in [3.63, 3.8) is 0 Å². The van der Waals surface area contributed by atoms with Crippen molar-refractivity contribution in [2.45, 2.75) is 0 Å². The van der Waals surface area contributed by atoms with Crippen LogP contribution >= 0.6 is 12.2 Å². The van der Waals surface area contributed by atoms with Gasteiger partial charge in [-0.25, -0.2) is 0 Å². The largest absolute Gasteiger partial charge is 0.415 e. The van der Waals surface area contributed by atoms with Crippen molar-refractivity contribution in [3.05, 3.63) is 13.2 Å². The van der Waals surface area contributed by atoms with E-state index in [9.17, 15) is 0 Å². The average Bonchev–Trinajstić information content (AvgIpc) is 1.41. The molecule has 1 nitrogen and oxygen atoms in total. The Morgan fingerprint density at radius 3 is 1.57 bits per heavy atom. The molecule has 0 aromatic rings. The molecular weight excluding hydrogens is 321 g/mol. The third-order valence-electron chi connectivity index (χ3n) is 0. The second kappa shape index (κ2) is 15.9. The minimum Gasteiger partial charge on any atom is -0.415 e. The average molecular weight is 327 g/mol. The monoisotopic (exact) mass is 328 g/mol. The van der Waals surface area contributed by atoms with Gasteiger partial charge in [-0.2, -0.15) is 0 Å². The molecule has 0 aromatic heterocycles. The molecule has 0 unspecified atom stereocenters. The van der Waals surface area contributed by atoms with E-state index in [0.29, 0.717) is 0 Å². The van der Waals surface area contributed by atoms with E-state index in [2.05, 4.69) is 43.7 Å². The molecule has 0 bridgehead atoms. The van der Waals surface area contributed by atoms with Crippen LogP contribution in [0.4, 0.5) is 0 Å². The number of nitrogens with two attached hydrogens (primary N) is 1. The van der Waals surface area contributed by atoms with Gasteiger partial charge in [-0.05, 0) is 0 Å². The van der Waals surface area contributed by atoms with Crippen molar-refractivity contribution in [1.82, 2.24) is 0 Å². The summed E-state index contributed by atoms with van der Waals surface area (Å²) in [5.41, 5.74) is 4.66. The van der Waals surface area contributed by atoms with Crippen molar-refractivity contribution < 1.29 is 0 Å². The van der Waals surface area contributed by atoms with Crippen molar-refractivity contribution in [2.75, 3.05) is 0 Å². The van der Waals surface area contributed by atoms with Crippen LogP contribution in [-0.4, -0.2) is 31.6 Å². The van der Waals surface area contributed by atoms with Crippen LogP contribution in [-0.2, 0) is 12.6 Å². The molecule has 0 aliphatic heterocycles. The summed E-state index contributed by atoms with van der Waals surface area (Å²) >= 11 is 8.26. The van der Waals surface area contributed by atoms with Gasteiger partial charge in [0, 0.05) is 27.3 Å². The fraction of sp³-hybridized carbons (Fsp3) is 0. The van der Waals surface area contributed by atoms with Crippen LogP contribution in [0, 0.1) is 0 Å². The topological polar surface area (TPSA) is 26.0 Å². The summed E-state index contributed by atoms with van der Waals surface area (Å²) in [4.78, 5) is 0. The van der Waals surface area contributed by atoms with Crippen LogP contribution in [0.1, 0.15) is 0 Å². The Hall–Kier alpha value is 0.772. The van der Waals surface area contributed by atoms with E-state index >= 15 is 0 Å². The number of thiocarbonyl (C=S) groups is 1. The first-order chi connectivity index (χ1) is 2.73. The number of hydrogen-bond acceptors (Lipinski definition) is 2. The molecule has 0 atom stereocenters. The molecule has 0 aliphatic rings. The SMILES string of the molecule is C=C.NC(=S)[S-].[Pb]. The molecule has 0 rings (SSSR count). The van der Waals surface area contributed by atoms with Gasteiger partial charge in [0.2, 0.25) is 0 Å². The Kier molecular flexibility index (Phi) is 35.5. The van der Waals surface area contributed by atoms with Crippen LogP contribution in [0.2, 0.25) is 0 Å². The zero-order valence-corrected chi connectivity index (χ0v) is 9.33. The Labute approximate surface area is 74.9 Å². The van der Waals surface area contributed by atoms with E-state index in [1.54, 1.807) is 0 Å². The van der Waals surface area contributed by atoms with Crippen LogP contribution < -0.4 is 5.73 Å². The van der Waals surface area contributed by atoms with Crippen molar-refractivity contribution >= 4 is 56.5 Å². The third-order valence-corrected chi connectivity index (χ3v) is 0. The molecule has 0 spiro atoms. The summed E-state index contributed by atoms with van der Waals surface area (Å²) < 4.78 is 0.0833. The predicted molar refractivity (Wildman–Crippen MR) is 41.2 cm³/mol.